The minimum absolute atomic E-state index is 0.119. The monoisotopic (exact) mass is 321 g/mol. The molecule has 1 aromatic rings. The maximum atomic E-state index is 12.4. The number of halogens is 3. The van der Waals surface area contributed by atoms with Crippen LogP contribution >= 0.6 is 11.3 Å². The van der Waals surface area contributed by atoms with E-state index in [1.54, 1.807) is 11.3 Å². The van der Waals surface area contributed by atoms with Gasteiger partial charge in [0.1, 0.15) is 0 Å². The van der Waals surface area contributed by atoms with Crippen LogP contribution in [0.15, 0.2) is 0 Å². The van der Waals surface area contributed by atoms with Gasteiger partial charge in [0.2, 0.25) is 0 Å². The molecule has 1 aliphatic heterocycles. The summed E-state index contributed by atoms with van der Waals surface area (Å²) >= 11 is 1.69. The van der Waals surface area contributed by atoms with Gasteiger partial charge >= 0.3 is 6.18 Å². The average molecular weight is 321 g/mol. The van der Waals surface area contributed by atoms with Gasteiger partial charge < -0.3 is 5.32 Å². The van der Waals surface area contributed by atoms with E-state index in [0.29, 0.717) is 13.1 Å². The molecule has 0 saturated carbocycles. The van der Waals surface area contributed by atoms with Crippen molar-refractivity contribution < 1.29 is 13.2 Å². The molecule has 120 valence electrons. The van der Waals surface area contributed by atoms with E-state index in [1.807, 2.05) is 6.92 Å². The Labute approximate surface area is 127 Å². The SMILES string of the molecule is CCc1nc(C)c(C(C)NC2CCN(CC(F)(F)F)C2)s1. The minimum Gasteiger partial charge on any atom is -0.305 e. The number of alkyl halides is 3. The number of nitrogens with one attached hydrogen (secondary N) is 1. The highest BCUT2D eigenvalue weighted by Gasteiger charge is 2.34. The van der Waals surface area contributed by atoms with Crippen molar-refractivity contribution in [3.05, 3.63) is 15.6 Å². The van der Waals surface area contributed by atoms with Crippen LogP contribution in [0.25, 0.3) is 0 Å². The Kier molecular flexibility index (Phi) is 5.27. The summed E-state index contributed by atoms with van der Waals surface area (Å²) in [5, 5.41) is 4.56. The summed E-state index contributed by atoms with van der Waals surface area (Å²) < 4.78 is 37.2. The Morgan fingerprint density at radius 2 is 2.19 bits per heavy atom. The molecule has 2 atom stereocenters. The summed E-state index contributed by atoms with van der Waals surface area (Å²) in [7, 11) is 0. The Hall–Kier alpha value is -0.660. The number of rotatable bonds is 5. The van der Waals surface area contributed by atoms with Crippen molar-refractivity contribution in [3.8, 4) is 0 Å². The predicted octanol–water partition coefficient (Wildman–Crippen LogP) is 3.30. The first-order valence-electron chi connectivity index (χ1n) is 7.30. The largest absolute Gasteiger partial charge is 0.401 e. The summed E-state index contributed by atoms with van der Waals surface area (Å²) in [6.45, 7) is 6.29. The van der Waals surface area contributed by atoms with E-state index in [1.165, 1.54) is 9.78 Å². The smallest absolute Gasteiger partial charge is 0.305 e. The summed E-state index contributed by atoms with van der Waals surface area (Å²) in [4.78, 5) is 7.18. The number of nitrogens with zero attached hydrogens (tertiary/aromatic N) is 2. The van der Waals surface area contributed by atoms with Crippen LogP contribution in [0.2, 0.25) is 0 Å². The van der Waals surface area contributed by atoms with Gasteiger partial charge in [0.15, 0.2) is 0 Å². The number of hydrogen-bond acceptors (Lipinski definition) is 4. The number of aromatic nitrogens is 1. The van der Waals surface area contributed by atoms with Crippen molar-refractivity contribution in [1.29, 1.82) is 0 Å². The lowest BCUT2D eigenvalue weighted by Crippen LogP contribution is -2.37. The van der Waals surface area contributed by atoms with Crippen LogP contribution in [0.1, 0.15) is 41.9 Å². The lowest BCUT2D eigenvalue weighted by Gasteiger charge is -2.21. The molecule has 3 nitrogen and oxygen atoms in total. The van der Waals surface area contributed by atoms with Gasteiger partial charge in [-0.15, -0.1) is 11.3 Å². The second-order valence-electron chi connectivity index (χ2n) is 5.64. The summed E-state index contributed by atoms with van der Waals surface area (Å²) in [5.41, 5.74) is 1.03. The molecule has 1 saturated heterocycles. The second-order valence-corrected chi connectivity index (χ2v) is 6.75. The summed E-state index contributed by atoms with van der Waals surface area (Å²) in [6, 6.07) is 0.257. The number of thiazole rings is 1. The minimum atomic E-state index is -4.11. The molecule has 2 heterocycles. The van der Waals surface area contributed by atoms with Crippen LogP contribution < -0.4 is 5.32 Å². The van der Waals surface area contributed by atoms with Gasteiger partial charge in [-0.1, -0.05) is 6.92 Å². The Bertz CT molecular complexity index is 473. The maximum Gasteiger partial charge on any atom is 0.401 e. The van der Waals surface area contributed by atoms with E-state index in [0.717, 1.165) is 23.5 Å². The quantitative estimate of drug-likeness (QED) is 0.902. The van der Waals surface area contributed by atoms with Crippen LogP contribution in [-0.4, -0.2) is 41.7 Å². The van der Waals surface area contributed by atoms with Crippen LogP contribution in [-0.2, 0) is 6.42 Å². The fraction of sp³-hybridized carbons (Fsp3) is 0.786. The van der Waals surface area contributed by atoms with Gasteiger partial charge in [-0.2, -0.15) is 13.2 Å². The molecule has 0 aliphatic carbocycles. The highest BCUT2D eigenvalue weighted by Crippen LogP contribution is 2.27. The molecule has 0 aromatic carbocycles. The van der Waals surface area contributed by atoms with Gasteiger partial charge in [0.05, 0.1) is 17.2 Å². The van der Waals surface area contributed by atoms with E-state index >= 15 is 0 Å². The summed E-state index contributed by atoms with van der Waals surface area (Å²) in [5.74, 6) is 0. The third kappa shape index (κ3) is 4.66. The molecule has 1 N–H and O–H groups in total. The van der Waals surface area contributed by atoms with Crippen molar-refractivity contribution in [3.63, 3.8) is 0 Å². The topological polar surface area (TPSA) is 28.2 Å². The third-order valence-corrected chi connectivity index (χ3v) is 5.22. The maximum absolute atomic E-state index is 12.4. The molecule has 0 bridgehead atoms. The fourth-order valence-corrected chi connectivity index (χ4v) is 3.83. The van der Waals surface area contributed by atoms with E-state index in [4.69, 9.17) is 0 Å². The molecular weight excluding hydrogens is 299 g/mol. The molecule has 1 fully saturated rings. The lowest BCUT2D eigenvalue weighted by atomic mass is 10.2. The summed E-state index contributed by atoms with van der Waals surface area (Å²) in [6.07, 6.45) is -2.43. The zero-order valence-corrected chi connectivity index (χ0v) is 13.4. The zero-order valence-electron chi connectivity index (χ0n) is 12.6. The molecule has 21 heavy (non-hydrogen) atoms. The first-order valence-corrected chi connectivity index (χ1v) is 8.11. The number of aryl methyl sites for hydroxylation is 2. The second kappa shape index (κ2) is 6.62. The molecule has 0 spiro atoms. The molecule has 2 rings (SSSR count). The predicted molar refractivity (Wildman–Crippen MR) is 78.7 cm³/mol. The fourth-order valence-electron chi connectivity index (χ4n) is 2.81. The lowest BCUT2D eigenvalue weighted by molar-refractivity contribution is -0.143. The van der Waals surface area contributed by atoms with Crippen molar-refractivity contribution in [2.24, 2.45) is 0 Å². The molecule has 1 aliphatic rings. The molecule has 7 heteroatoms. The highest BCUT2D eigenvalue weighted by atomic mass is 32.1. The number of likely N-dealkylation sites (tertiary alicyclic amines) is 1. The van der Waals surface area contributed by atoms with Crippen molar-refractivity contribution in [2.75, 3.05) is 19.6 Å². The van der Waals surface area contributed by atoms with Crippen molar-refractivity contribution in [2.45, 2.75) is 51.9 Å². The van der Waals surface area contributed by atoms with E-state index in [-0.39, 0.29) is 12.1 Å². The van der Waals surface area contributed by atoms with Gasteiger partial charge in [0.25, 0.3) is 0 Å². The van der Waals surface area contributed by atoms with Crippen molar-refractivity contribution >= 4 is 11.3 Å². The Morgan fingerprint density at radius 1 is 1.48 bits per heavy atom. The first kappa shape index (κ1) is 16.7. The van der Waals surface area contributed by atoms with Crippen LogP contribution in [0.5, 0.6) is 0 Å². The molecular formula is C14H22F3N3S. The van der Waals surface area contributed by atoms with Gasteiger partial charge in [-0.05, 0) is 26.7 Å². The Balaban J connectivity index is 1.89. The van der Waals surface area contributed by atoms with Crippen LogP contribution in [0.4, 0.5) is 13.2 Å². The van der Waals surface area contributed by atoms with E-state index < -0.39 is 12.7 Å². The average Bonchev–Trinajstić information content (AvgIpc) is 2.94. The van der Waals surface area contributed by atoms with Gasteiger partial charge in [-0.3, -0.25) is 4.90 Å². The van der Waals surface area contributed by atoms with Crippen molar-refractivity contribution in [1.82, 2.24) is 15.2 Å². The normalized spacial score (nSPS) is 21.9. The van der Waals surface area contributed by atoms with Gasteiger partial charge in [-0.25, -0.2) is 4.98 Å². The Morgan fingerprint density at radius 3 is 2.76 bits per heavy atom. The molecule has 1 aromatic heterocycles. The highest BCUT2D eigenvalue weighted by molar-refractivity contribution is 7.11. The molecule has 2 unspecified atom stereocenters. The number of hydrogen-bond donors (Lipinski definition) is 1. The van der Waals surface area contributed by atoms with E-state index in [9.17, 15) is 13.2 Å². The van der Waals surface area contributed by atoms with Crippen LogP contribution in [0.3, 0.4) is 0 Å². The molecule has 0 radical (unpaired) electrons. The third-order valence-electron chi connectivity index (χ3n) is 3.73. The molecule has 0 amide bonds. The van der Waals surface area contributed by atoms with E-state index in [2.05, 4.69) is 24.1 Å². The van der Waals surface area contributed by atoms with Gasteiger partial charge in [0, 0.05) is 30.1 Å². The van der Waals surface area contributed by atoms with Crippen LogP contribution in [0, 0.1) is 6.92 Å². The standard InChI is InChI=1S/C14H22F3N3S/c1-4-12-19-10(3)13(21-12)9(2)18-11-5-6-20(7-11)8-14(15,16)17/h9,11,18H,4-8H2,1-3H3. The zero-order chi connectivity index (χ0) is 15.6. The first-order chi connectivity index (χ1) is 9.78.